The van der Waals surface area contributed by atoms with Gasteiger partial charge in [-0.3, -0.25) is 14.4 Å². The third kappa shape index (κ3) is 1.56. The molecule has 0 N–H and O–H groups in total. The molecule has 0 atom stereocenters. The number of rotatable bonds is 3. The SMILES string of the molecule is O=CN(C1CC1)C1C(=O)CCCC1=O. The molecule has 4 nitrogen and oxygen atoms in total. The minimum Gasteiger partial charge on any atom is -0.325 e. The predicted octanol–water partition coefficient (Wildman–Crippen LogP) is 0.298. The van der Waals surface area contributed by atoms with Crippen molar-refractivity contribution in [3.05, 3.63) is 0 Å². The molecule has 2 fully saturated rings. The van der Waals surface area contributed by atoms with Crippen molar-refractivity contribution in [3.8, 4) is 0 Å². The van der Waals surface area contributed by atoms with E-state index in [1.807, 2.05) is 0 Å². The van der Waals surface area contributed by atoms with Gasteiger partial charge in [0.15, 0.2) is 11.6 Å². The Morgan fingerprint density at radius 2 is 1.71 bits per heavy atom. The second-order valence-electron chi connectivity index (χ2n) is 3.97. The van der Waals surface area contributed by atoms with Gasteiger partial charge in [0.1, 0.15) is 6.04 Å². The van der Waals surface area contributed by atoms with E-state index in [2.05, 4.69) is 0 Å². The standard InChI is InChI=1S/C10H13NO3/c12-6-11(7-4-5-7)10-8(13)2-1-3-9(10)14/h6-7,10H,1-5H2. The summed E-state index contributed by atoms with van der Waals surface area (Å²) in [5.74, 6) is -0.166. The molecule has 0 radical (unpaired) electrons. The summed E-state index contributed by atoms with van der Waals surface area (Å²) in [6, 6.07) is -0.614. The van der Waals surface area contributed by atoms with Gasteiger partial charge in [-0.15, -0.1) is 0 Å². The van der Waals surface area contributed by atoms with Crippen LogP contribution in [0.25, 0.3) is 0 Å². The molecule has 0 saturated heterocycles. The van der Waals surface area contributed by atoms with Crippen LogP contribution in [-0.4, -0.2) is 35.0 Å². The number of amides is 1. The van der Waals surface area contributed by atoms with Crippen LogP contribution in [0.3, 0.4) is 0 Å². The number of hydrogen-bond donors (Lipinski definition) is 0. The molecule has 2 aliphatic carbocycles. The molecule has 2 saturated carbocycles. The molecule has 0 heterocycles. The Morgan fingerprint density at radius 3 is 2.14 bits per heavy atom. The Hall–Kier alpha value is -1.19. The molecule has 0 aliphatic heterocycles. The zero-order valence-corrected chi connectivity index (χ0v) is 7.94. The molecular weight excluding hydrogens is 182 g/mol. The zero-order valence-electron chi connectivity index (χ0n) is 7.94. The third-order valence-corrected chi connectivity index (χ3v) is 2.84. The quantitative estimate of drug-likeness (QED) is 0.480. The van der Waals surface area contributed by atoms with Crippen LogP contribution in [0.5, 0.6) is 0 Å². The van der Waals surface area contributed by atoms with Gasteiger partial charge >= 0.3 is 0 Å². The summed E-state index contributed by atoms with van der Waals surface area (Å²) in [5.41, 5.74) is 0. The Bertz CT molecular complexity index is 267. The molecule has 0 unspecified atom stereocenters. The molecule has 0 aromatic heterocycles. The van der Waals surface area contributed by atoms with Gasteiger partial charge in [-0.1, -0.05) is 0 Å². The zero-order chi connectivity index (χ0) is 10.1. The van der Waals surface area contributed by atoms with Crippen molar-refractivity contribution in [3.63, 3.8) is 0 Å². The Labute approximate surface area is 82.3 Å². The van der Waals surface area contributed by atoms with Crippen LogP contribution in [-0.2, 0) is 14.4 Å². The minimum atomic E-state index is -0.756. The smallest absolute Gasteiger partial charge is 0.210 e. The van der Waals surface area contributed by atoms with Gasteiger partial charge < -0.3 is 4.90 Å². The molecular formula is C10H13NO3. The molecule has 76 valence electrons. The lowest BCUT2D eigenvalue weighted by atomic mass is 9.91. The largest absolute Gasteiger partial charge is 0.325 e. The first-order chi connectivity index (χ1) is 6.74. The monoisotopic (exact) mass is 195 g/mol. The summed E-state index contributed by atoms with van der Waals surface area (Å²) in [6.45, 7) is 0. The van der Waals surface area contributed by atoms with Gasteiger partial charge in [-0.25, -0.2) is 0 Å². The van der Waals surface area contributed by atoms with E-state index in [1.54, 1.807) is 0 Å². The molecule has 0 aromatic rings. The number of ketones is 2. The highest BCUT2D eigenvalue weighted by Crippen LogP contribution is 2.29. The number of Topliss-reactive ketones (excluding diaryl/α,β-unsaturated/α-hetero) is 2. The molecule has 1 amide bonds. The first-order valence-corrected chi connectivity index (χ1v) is 5.02. The molecule has 0 bridgehead atoms. The van der Waals surface area contributed by atoms with Gasteiger partial charge in [0.2, 0.25) is 6.41 Å². The first kappa shape index (κ1) is 9.37. The van der Waals surface area contributed by atoms with Crippen LogP contribution in [0.2, 0.25) is 0 Å². The Kier molecular flexibility index (Phi) is 2.35. The number of nitrogens with zero attached hydrogens (tertiary/aromatic N) is 1. The summed E-state index contributed by atoms with van der Waals surface area (Å²) >= 11 is 0. The van der Waals surface area contributed by atoms with E-state index >= 15 is 0 Å². The molecule has 2 aliphatic rings. The summed E-state index contributed by atoms with van der Waals surface area (Å²) in [7, 11) is 0. The summed E-state index contributed by atoms with van der Waals surface area (Å²) in [6.07, 6.45) is 4.03. The fourth-order valence-corrected chi connectivity index (χ4v) is 1.95. The number of hydrogen-bond acceptors (Lipinski definition) is 3. The summed E-state index contributed by atoms with van der Waals surface area (Å²) < 4.78 is 0. The highest BCUT2D eigenvalue weighted by Gasteiger charge is 2.41. The van der Waals surface area contributed by atoms with E-state index in [0.29, 0.717) is 25.7 Å². The first-order valence-electron chi connectivity index (χ1n) is 5.02. The Morgan fingerprint density at radius 1 is 1.14 bits per heavy atom. The average Bonchev–Trinajstić information content (AvgIpc) is 2.95. The van der Waals surface area contributed by atoms with Crippen LogP contribution in [0.15, 0.2) is 0 Å². The maximum atomic E-state index is 11.5. The minimum absolute atomic E-state index is 0.0831. The lowest BCUT2D eigenvalue weighted by molar-refractivity contribution is -0.142. The summed E-state index contributed by atoms with van der Waals surface area (Å²) in [4.78, 5) is 35.3. The van der Waals surface area contributed by atoms with Crippen molar-refractivity contribution in [1.82, 2.24) is 4.90 Å². The van der Waals surface area contributed by atoms with Gasteiger partial charge in [0, 0.05) is 18.9 Å². The average molecular weight is 195 g/mol. The van der Waals surface area contributed by atoms with Gasteiger partial charge in [0.25, 0.3) is 0 Å². The molecule has 2 rings (SSSR count). The highest BCUT2D eigenvalue weighted by molar-refractivity contribution is 6.09. The van der Waals surface area contributed by atoms with Crippen LogP contribution in [0, 0.1) is 0 Å². The maximum absolute atomic E-state index is 11.5. The van der Waals surface area contributed by atoms with Crippen molar-refractivity contribution in [2.24, 2.45) is 0 Å². The van der Waals surface area contributed by atoms with E-state index < -0.39 is 6.04 Å². The second-order valence-corrected chi connectivity index (χ2v) is 3.97. The van der Waals surface area contributed by atoms with Crippen molar-refractivity contribution in [2.45, 2.75) is 44.2 Å². The highest BCUT2D eigenvalue weighted by atomic mass is 16.2. The summed E-state index contributed by atoms with van der Waals surface area (Å²) in [5, 5.41) is 0. The van der Waals surface area contributed by atoms with Crippen molar-refractivity contribution in [1.29, 1.82) is 0 Å². The van der Waals surface area contributed by atoms with Crippen molar-refractivity contribution >= 4 is 18.0 Å². The normalized spacial score (nSPS) is 23.7. The molecule has 0 aromatic carbocycles. The Balaban J connectivity index is 2.15. The van der Waals surface area contributed by atoms with E-state index in [1.165, 1.54) is 4.90 Å². The van der Waals surface area contributed by atoms with E-state index in [9.17, 15) is 14.4 Å². The molecule has 14 heavy (non-hydrogen) atoms. The van der Waals surface area contributed by atoms with E-state index in [4.69, 9.17) is 0 Å². The second kappa shape index (κ2) is 3.52. The van der Waals surface area contributed by atoms with Gasteiger partial charge in [-0.2, -0.15) is 0 Å². The van der Waals surface area contributed by atoms with Crippen molar-refractivity contribution in [2.75, 3.05) is 0 Å². The van der Waals surface area contributed by atoms with Crippen molar-refractivity contribution < 1.29 is 14.4 Å². The molecule has 0 spiro atoms. The van der Waals surface area contributed by atoms with Crippen LogP contribution in [0.4, 0.5) is 0 Å². The topological polar surface area (TPSA) is 54.5 Å². The van der Waals surface area contributed by atoms with Crippen LogP contribution in [0.1, 0.15) is 32.1 Å². The third-order valence-electron chi connectivity index (χ3n) is 2.84. The fourth-order valence-electron chi connectivity index (χ4n) is 1.95. The number of carbonyl (C=O) groups is 3. The van der Waals surface area contributed by atoms with Gasteiger partial charge in [-0.05, 0) is 19.3 Å². The van der Waals surface area contributed by atoms with E-state index in [-0.39, 0.29) is 17.6 Å². The maximum Gasteiger partial charge on any atom is 0.210 e. The lowest BCUT2D eigenvalue weighted by Crippen LogP contribution is -2.49. The predicted molar refractivity (Wildman–Crippen MR) is 48.6 cm³/mol. The van der Waals surface area contributed by atoms with Gasteiger partial charge in [0.05, 0.1) is 0 Å². The molecule has 4 heteroatoms. The lowest BCUT2D eigenvalue weighted by Gasteiger charge is -2.28. The van der Waals surface area contributed by atoms with Crippen LogP contribution < -0.4 is 0 Å². The number of carbonyl (C=O) groups excluding carboxylic acids is 3. The van der Waals surface area contributed by atoms with Crippen LogP contribution >= 0.6 is 0 Å². The fraction of sp³-hybridized carbons (Fsp3) is 0.700. The van der Waals surface area contributed by atoms with E-state index in [0.717, 1.165) is 12.8 Å².